The van der Waals surface area contributed by atoms with Crippen molar-refractivity contribution >= 4 is 36.5 Å². The van der Waals surface area contributed by atoms with Crippen LogP contribution in [0.3, 0.4) is 0 Å². The van der Waals surface area contributed by atoms with E-state index < -0.39 is 9.84 Å². The molecule has 3 rings (SSSR count). The summed E-state index contributed by atoms with van der Waals surface area (Å²) >= 11 is 1.48. The lowest BCUT2D eigenvalue weighted by molar-refractivity contribution is 0.602. The second kappa shape index (κ2) is 6.06. The van der Waals surface area contributed by atoms with Crippen LogP contribution < -0.4 is 5.32 Å². The molecule has 0 radical (unpaired) electrons. The van der Waals surface area contributed by atoms with E-state index in [2.05, 4.69) is 22.4 Å². The van der Waals surface area contributed by atoms with Gasteiger partial charge in [-0.2, -0.15) is 0 Å². The van der Waals surface area contributed by atoms with Crippen LogP contribution in [0.1, 0.15) is 5.56 Å². The first-order chi connectivity index (χ1) is 10.5. The molecule has 4 nitrogen and oxygen atoms in total. The summed E-state index contributed by atoms with van der Waals surface area (Å²) in [6.45, 7) is 0.794. The molecule has 1 aromatic heterocycles. The number of fused-ring (bicyclic) bond motifs is 1. The molecule has 0 spiro atoms. The molecule has 0 aliphatic carbocycles. The molecule has 22 heavy (non-hydrogen) atoms. The highest BCUT2D eigenvalue weighted by molar-refractivity contribution is 7.90. The molecule has 114 valence electrons. The molecule has 1 N–H and O–H groups in total. The van der Waals surface area contributed by atoms with Gasteiger partial charge in [-0.15, -0.1) is 0 Å². The molecule has 0 atom stereocenters. The molecular weight excluding hydrogens is 316 g/mol. The standard InChI is InChI=1S/C16H16N2O2S2/c1-22(19,20)13-7-8-14-15(11-13)21-16(18-14)17-10-9-12-5-3-2-4-6-12/h2-8,11H,9-10H2,1H3,(H,17,18). The van der Waals surface area contributed by atoms with Crippen LogP contribution in [0, 0.1) is 0 Å². The predicted molar refractivity (Wildman–Crippen MR) is 91.4 cm³/mol. The van der Waals surface area contributed by atoms with Crippen molar-refractivity contribution in [3.05, 3.63) is 54.1 Å². The zero-order valence-electron chi connectivity index (χ0n) is 12.1. The number of hydrogen-bond donors (Lipinski definition) is 1. The third kappa shape index (κ3) is 3.45. The van der Waals surface area contributed by atoms with E-state index in [1.165, 1.54) is 23.2 Å². The molecule has 0 aliphatic rings. The minimum absolute atomic E-state index is 0.333. The van der Waals surface area contributed by atoms with Crippen LogP contribution in [-0.4, -0.2) is 26.2 Å². The van der Waals surface area contributed by atoms with Gasteiger partial charge in [0.25, 0.3) is 0 Å². The Morgan fingerprint density at radius 1 is 1.14 bits per heavy atom. The average Bonchev–Trinajstić information content (AvgIpc) is 2.89. The third-order valence-electron chi connectivity index (χ3n) is 3.32. The molecule has 0 bridgehead atoms. The Morgan fingerprint density at radius 3 is 2.64 bits per heavy atom. The molecular formula is C16H16N2O2S2. The summed E-state index contributed by atoms with van der Waals surface area (Å²) in [6.07, 6.45) is 2.14. The fraction of sp³-hybridized carbons (Fsp3) is 0.188. The number of anilines is 1. The van der Waals surface area contributed by atoms with E-state index in [0.717, 1.165) is 28.3 Å². The van der Waals surface area contributed by atoms with Gasteiger partial charge in [-0.1, -0.05) is 41.7 Å². The van der Waals surface area contributed by atoms with E-state index in [4.69, 9.17) is 0 Å². The van der Waals surface area contributed by atoms with Gasteiger partial charge in [0.2, 0.25) is 0 Å². The van der Waals surface area contributed by atoms with Gasteiger partial charge < -0.3 is 5.32 Å². The molecule has 0 saturated carbocycles. The SMILES string of the molecule is CS(=O)(=O)c1ccc2nc(NCCc3ccccc3)sc2c1. The Kier molecular flexibility index (Phi) is 4.13. The third-order valence-corrected chi connectivity index (χ3v) is 5.41. The molecule has 0 aliphatic heterocycles. The Morgan fingerprint density at radius 2 is 1.91 bits per heavy atom. The minimum Gasteiger partial charge on any atom is -0.361 e. The van der Waals surface area contributed by atoms with Crippen molar-refractivity contribution in [3.63, 3.8) is 0 Å². The predicted octanol–water partition coefficient (Wildman–Crippen LogP) is 3.35. The van der Waals surface area contributed by atoms with Gasteiger partial charge in [-0.25, -0.2) is 13.4 Å². The molecule has 6 heteroatoms. The first kappa shape index (κ1) is 15.0. The van der Waals surface area contributed by atoms with Crippen molar-refractivity contribution in [3.8, 4) is 0 Å². The van der Waals surface area contributed by atoms with Crippen molar-refractivity contribution < 1.29 is 8.42 Å². The van der Waals surface area contributed by atoms with Gasteiger partial charge in [-0.05, 0) is 30.2 Å². The smallest absolute Gasteiger partial charge is 0.183 e. The molecule has 1 heterocycles. The number of aromatic nitrogens is 1. The summed E-state index contributed by atoms with van der Waals surface area (Å²) in [7, 11) is -3.18. The van der Waals surface area contributed by atoms with Gasteiger partial charge in [0.1, 0.15) is 0 Å². The van der Waals surface area contributed by atoms with Crippen molar-refractivity contribution in [1.82, 2.24) is 4.98 Å². The van der Waals surface area contributed by atoms with E-state index in [-0.39, 0.29) is 0 Å². The van der Waals surface area contributed by atoms with Crippen molar-refractivity contribution in [2.45, 2.75) is 11.3 Å². The molecule has 0 saturated heterocycles. The Hall–Kier alpha value is -1.92. The number of rotatable bonds is 5. The van der Waals surface area contributed by atoms with Crippen LogP contribution >= 0.6 is 11.3 Å². The molecule has 2 aromatic carbocycles. The molecule has 0 unspecified atom stereocenters. The van der Waals surface area contributed by atoms with Crippen LogP contribution in [0.15, 0.2) is 53.4 Å². The van der Waals surface area contributed by atoms with Gasteiger partial charge in [0, 0.05) is 12.8 Å². The van der Waals surface area contributed by atoms with Gasteiger partial charge in [0.05, 0.1) is 15.1 Å². The Bertz CT molecular complexity index is 887. The Labute approximate surface area is 133 Å². The summed E-state index contributed by atoms with van der Waals surface area (Å²) in [5.41, 5.74) is 2.09. The molecule has 0 amide bonds. The number of sulfone groups is 1. The maximum Gasteiger partial charge on any atom is 0.183 e. The van der Waals surface area contributed by atoms with Gasteiger partial charge >= 0.3 is 0 Å². The van der Waals surface area contributed by atoms with E-state index in [1.54, 1.807) is 18.2 Å². The first-order valence-corrected chi connectivity index (χ1v) is 9.61. The highest BCUT2D eigenvalue weighted by atomic mass is 32.2. The second-order valence-corrected chi connectivity index (χ2v) is 8.13. The number of benzene rings is 2. The van der Waals surface area contributed by atoms with Crippen LogP contribution in [0.5, 0.6) is 0 Å². The highest BCUT2D eigenvalue weighted by Crippen LogP contribution is 2.28. The van der Waals surface area contributed by atoms with Crippen LogP contribution in [0.25, 0.3) is 10.2 Å². The van der Waals surface area contributed by atoms with Gasteiger partial charge in [0.15, 0.2) is 15.0 Å². The summed E-state index contributed by atoms with van der Waals surface area (Å²) < 4.78 is 24.0. The van der Waals surface area contributed by atoms with Crippen LogP contribution in [0.4, 0.5) is 5.13 Å². The topological polar surface area (TPSA) is 59.1 Å². The number of hydrogen-bond acceptors (Lipinski definition) is 5. The summed E-state index contributed by atoms with van der Waals surface area (Å²) in [5, 5.41) is 4.12. The summed E-state index contributed by atoms with van der Waals surface area (Å²) in [5.74, 6) is 0. The first-order valence-electron chi connectivity index (χ1n) is 6.91. The maximum atomic E-state index is 11.6. The van der Waals surface area contributed by atoms with E-state index in [1.807, 2.05) is 18.2 Å². The number of nitrogens with one attached hydrogen (secondary N) is 1. The zero-order valence-corrected chi connectivity index (χ0v) is 13.7. The van der Waals surface area contributed by atoms with Crippen molar-refractivity contribution in [1.29, 1.82) is 0 Å². The molecule has 3 aromatic rings. The lowest BCUT2D eigenvalue weighted by Gasteiger charge is -2.02. The highest BCUT2D eigenvalue weighted by Gasteiger charge is 2.10. The second-order valence-electron chi connectivity index (χ2n) is 5.08. The zero-order chi connectivity index (χ0) is 15.6. The van der Waals surface area contributed by atoms with Crippen molar-refractivity contribution in [2.24, 2.45) is 0 Å². The van der Waals surface area contributed by atoms with Crippen LogP contribution in [0.2, 0.25) is 0 Å². The van der Waals surface area contributed by atoms with Gasteiger partial charge in [-0.3, -0.25) is 0 Å². The van der Waals surface area contributed by atoms with E-state index in [9.17, 15) is 8.42 Å². The quantitative estimate of drug-likeness (QED) is 0.778. The fourth-order valence-corrected chi connectivity index (χ4v) is 3.82. The minimum atomic E-state index is -3.18. The normalized spacial score (nSPS) is 11.7. The molecule has 0 fully saturated rings. The monoisotopic (exact) mass is 332 g/mol. The fourth-order valence-electron chi connectivity index (χ4n) is 2.17. The lowest BCUT2D eigenvalue weighted by Crippen LogP contribution is -2.04. The van der Waals surface area contributed by atoms with E-state index >= 15 is 0 Å². The Balaban J connectivity index is 1.72. The number of nitrogens with zero attached hydrogens (tertiary/aromatic N) is 1. The van der Waals surface area contributed by atoms with E-state index in [0.29, 0.717) is 4.90 Å². The van der Waals surface area contributed by atoms with Crippen molar-refractivity contribution in [2.75, 3.05) is 18.1 Å². The van der Waals surface area contributed by atoms with Crippen LogP contribution in [-0.2, 0) is 16.3 Å². The number of thiazole rings is 1. The lowest BCUT2D eigenvalue weighted by atomic mass is 10.2. The summed E-state index contributed by atoms with van der Waals surface area (Å²) in [4.78, 5) is 4.81. The largest absolute Gasteiger partial charge is 0.361 e. The average molecular weight is 332 g/mol. The maximum absolute atomic E-state index is 11.6. The summed E-state index contributed by atoms with van der Waals surface area (Å²) in [6, 6.07) is 15.3.